The van der Waals surface area contributed by atoms with Gasteiger partial charge in [0.05, 0.1) is 6.61 Å². The van der Waals surface area contributed by atoms with Gasteiger partial charge in [0.1, 0.15) is 5.75 Å². The van der Waals surface area contributed by atoms with Gasteiger partial charge in [-0.15, -0.1) is 0 Å². The zero-order chi connectivity index (χ0) is 13.8. The van der Waals surface area contributed by atoms with Crippen LogP contribution in [0.3, 0.4) is 0 Å². The van der Waals surface area contributed by atoms with Gasteiger partial charge in [-0.1, -0.05) is 53.7 Å². The molecule has 0 N–H and O–H groups in total. The molecule has 1 rings (SSSR count). The molecule has 0 spiro atoms. The molecule has 1 nitrogen and oxygen atoms in total. The van der Waals surface area contributed by atoms with Crippen LogP contribution in [0.5, 0.6) is 5.75 Å². The second-order valence-corrected chi connectivity index (χ2v) is 7.29. The Morgan fingerprint density at radius 1 is 0.889 bits per heavy atom. The van der Waals surface area contributed by atoms with E-state index < -0.39 is 0 Å². The summed E-state index contributed by atoms with van der Waals surface area (Å²) < 4.78 is 5.77. The van der Waals surface area contributed by atoms with Crippen LogP contribution >= 0.6 is 0 Å². The van der Waals surface area contributed by atoms with E-state index in [0.29, 0.717) is 5.41 Å². The van der Waals surface area contributed by atoms with Crippen LogP contribution < -0.4 is 4.74 Å². The maximum Gasteiger partial charge on any atom is 0.119 e. The molecule has 0 amide bonds. The maximum atomic E-state index is 5.77. The Balaban J connectivity index is 2.41. The van der Waals surface area contributed by atoms with E-state index in [1.165, 1.54) is 12.0 Å². The number of ether oxygens (including phenoxy) is 1. The second-order valence-electron chi connectivity index (χ2n) is 7.29. The summed E-state index contributed by atoms with van der Waals surface area (Å²) in [4.78, 5) is 0. The van der Waals surface area contributed by atoms with Gasteiger partial charge in [0.25, 0.3) is 0 Å². The Morgan fingerprint density at radius 3 is 1.89 bits per heavy atom. The van der Waals surface area contributed by atoms with Gasteiger partial charge >= 0.3 is 0 Å². The lowest BCUT2D eigenvalue weighted by Crippen LogP contribution is -2.11. The van der Waals surface area contributed by atoms with Crippen LogP contribution in [0.1, 0.15) is 59.9 Å². The van der Waals surface area contributed by atoms with E-state index in [0.717, 1.165) is 18.8 Å². The Bertz CT molecular complexity index is 349. The largest absolute Gasteiger partial charge is 0.494 e. The third-order valence-corrected chi connectivity index (χ3v) is 3.06. The number of hydrogen-bond donors (Lipinski definition) is 0. The molecule has 1 aromatic rings. The monoisotopic (exact) mass is 248 g/mol. The first-order valence-electron chi connectivity index (χ1n) is 6.92. The zero-order valence-electron chi connectivity index (χ0n) is 12.8. The first-order chi connectivity index (χ1) is 8.18. The Hall–Kier alpha value is -0.980. The van der Waals surface area contributed by atoms with Crippen molar-refractivity contribution in [2.45, 2.75) is 59.8 Å². The third-order valence-electron chi connectivity index (χ3n) is 3.06. The van der Waals surface area contributed by atoms with E-state index in [2.05, 4.69) is 65.8 Å². The predicted molar refractivity (Wildman–Crippen MR) is 79.3 cm³/mol. The van der Waals surface area contributed by atoms with Gasteiger partial charge in [0.2, 0.25) is 0 Å². The molecule has 0 radical (unpaired) electrons. The molecule has 0 fully saturated rings. The molecule has 0 aliphatic carbocycles. The number of hydrogen-bond acceptors (Lipinski definition) is 1. The molecule has 0 aliphatic heterocycles. The molecule has 0 saturated carbocycles. The molecule has 0 bridgehead atoms. The zero-order valence-corrected chi connectivity index (χ0v) is 12.8. The van der Waals surface area contributed by atoms with E-state index >= 15 is 0 Å². The average molecular weight is 248 g/mol. The molecule has 18 heavy (non-hydrogen) atoms. The summed E-state index contributed by atoms with van der Waals surface area (Å²) in [6.45, 7) is 14.3. The van der Waals surface area contributed by atoms with Crippen LogP contribution in [0.25, 0.3) is 0 Å². The molecule has 102 valence electrons. The van der Waals surface area contributed by atoms with Crippen molar-refractivity contribution in [3.63, 3.8) is 0 Å². The minimum atomic E-state index is 0.213. The second kappa shape index (κ2) is 5.77. The summed E-state index contributed by atoms with van der Waals surface area (Å²) >= 11 is 0. The predicted octanol–water partition coefficient (Wildman–Crippen LogP) is 5.19. The third kappa shape index (κ3) is 5.57. The molecule has 0 atom stereocenters. The quantitative estimate of drug-likeness (QED) is 0.666. The normalized spacial score (nSPS) is 12.6. The van der Waals surface area contributed by atoms with Crippen molar-refractivity contribution in [3.8, 4) is 5.75 Å². The van der Waals surface area contributed by atoms with Crippen molar-refractivity contribution in [3.05, 3.63) is 29.8 Å². The number of benzene rings is 1. The van der Waals surface area contributed by atoms with Crippen LogP contribution in [0.2, 0.25) is 0 Å². The van der Waals surface area contributed by atoms with Gasteiger partial charge < -0.3 is 4.74 Å². The topological polar surface area (TPSA) is 9.23 Å². The van der Waals surface area contributed by atoms with Crippen molar-refractivity contribution in [2.75, 3.05) is 6.61 Å². The smallest absolute Gasteiger partial charge is 0.119 e. The van der Waals surface area contributed by atoms with Gasteiger partial charge in [-0.25, -0.2) is 0 Å². The van der Waals surface area contributed by atoms with Gasteiger partial charge in [0, 0.05) is 0 Å². The first kappa shape index (κ1) is 15.1. The lowest BCUT2D eigenvalue weighted by Gasteiger charge is -2.20. The summed E-state index contributed by atoms with van der Waals surface area (Å²) in [6, 6.07) is 8.49. The average Bonchev–Trinajstić information content (AvgIpc) is 2.22. The van der Waals surface area contributed by atoms with Crippen LogP contribution in [0.15, 0.2) is 24.3 Å². The van der Waals surface area contributed by atoms with Crippen LogP contribution in [-0.4, -0.2) is 6.61 Å². The van der Waals surface area contributed by atoms with E-state index in [-0.39, 0.29) is 5.41 Å². The van der Waals surface area contributed by atoms with Crippen LogP contribution in [-0.2, 0) is 5.41 Å². The van der Waals surface area contributed by atoms with Gasteiger partial charge in [0.15, 0.2) is 0 Å². The fourth-order valence-corrected chi connectivity index (χ4v) is 1.84. The minimum absolute atomic E-state index is 0.213. The number of rotatable bonds is 4. The molecule has 1 aromatic carbocycles. The van der Waals surface area contributed by atoms with E-state index in [1.54, 1.807) is 0 Å². The van der Waals surface area contributed by atoms with Crippen LogP contribution in [0, 0.1) is 5.41 Å². The van der Waals surface area contributed by atoms with Crippen molar-refractivity contribution in [1.82, 2.24) is 0 Å². The highest BCUT2D eigenvalue weighted by molar-refractivity contribution is 5.31. The molecule has 0 heterocycles. The lowest BCUT2D eigenvalue weighted by molar-refractivity contribution is 0.269. The minimum Gasteiger partial charge on any atom is -0.494 e. The SMILES string of the molecule is CC(C)(C)CCCOc1ccc(C(C)(C)C)cc1. The van der Waals surface area contributed by atoms with Gasteiger partial charge in [-0.2, -0.15) is 0 Å². The van der Waals surface area contributed by atoms with Crippen molar-refractivity contribution in [2.24, 2.45) is 5.41 Å². The molecule has 1 heteroatoms. The molecular weight excluding hydrogens is 220 g/mol. The molecule has 0 aromatic heterocycles. The van der Waals surface area contributed by atoms with E-state index in [4.69, 9.17) is 4.74 Å². The summed E-state index contributed by atoms with van der Waals surface area (Å²) in [7, 11) is 0. The summed E-state index contributed by atoms with van der Waals surface area (Å²) in [5.74, 6) is 0.983. The maximum absolute atomic E-state index is 5.77. The first-order valence-corrected chi connectivity index (χ1v) is 6.92. The summed E-state index contributed by atoms with van der Waals surface area (Å²) in [5.41, 5.74) is 1.97. The lowest BCUT2D eigenvalue weighted by atomic mass is 9.87. The Labute approximate surface area is 113 Å². The molecule has 0 saturated heterocycles. The highest BCUT2D eigenvalue weighted by Crippen LogP contribution is 2.25. The van der Waals surface area contributed by atoms with E-state index in [1.807, 2.05) is 0 Å². The molecular formula is C17H28O. The van der Waals surface area contributed by atoms with Crippen molar-refractivity contribution < 1.29 is 4.74 Å². The highest BCUT2D eigenvalue weighted by atomic mass is 16.5. The van der Waals surface area contributed by atoms with Gasteiger partial charge in [-0.05, 0) is 41.4 Å². The summed E-state index contributed by atoms with van der Waals surface area (Å²) in [6.07, 6.45) is 2.32. The van der Waals surface area contributed by atoms with E-state index in [9.17, 15) is 0 Å². The Morgan fingerprint density at radius 2 is 1.44 bits per heavy atom. The molecule has 0 aliphatic rings. The van der Waals surface area contributed by atoms with Crippen molar-refractivity contribution >= 4 is 0 Å². The van der Waals surface area contributed by atoms with Crippen LogP contribution in [0.4, 0.5) is 0 Å². The Kier molecular flexibility index (Phi) is 4.84. The fraction of sp³-hybridized carbons (Fsp3) is 0.647. The molecule has 0 unspecified atom stereocenters. The fourth-order valence-electron chi connectivity index (χ4n) is 1.84. The van der Waals surface area contributed by atoms with Gasteiger partial charge in [-0.3, -0.25) is 0 Å². The summed E-state index contributed by atoms with van der Waals surface area (Å²) in [5, 5.41) is 0. The highest BCUT2D eigenvalue weighted by Gasteiger charge is 2.13. The standard InChI is InChI=1S/C17H28O/c1-16(2,3)12-7-13-18-15-10-8-14(9-11-15)17(4,5)6/h8-11H,7,12-13H2,1-6H3. The van der Waals surface area contributed by atoms with Crippen molar-refractivity contribution in [1.29, 1.82) is 0 Å².